The van der Waals surface area contributed by atoms with Crippen LogP contribution in [0.15, 0.2) is 0 Å². The molecular formula is C3H10BrSn. The Labute approximate surface area is 51.5 Å². The molecule has 0 aliphatic heterocycles. The second-order valence-electron chi connectivity index (χ2n) is 1.50. The van der Waals surface area contributed by atoms with Gasteiger partial charge in [0.15, 0.2) is 0 Å². The summed E-state index contributed by atoms with van der Waals surface area (Å²) in [5, 5.41) is 0. The van der Waals surface area contributed by atoms with E-state index >= 15 is 0 Å². The van der Waals surface area contributed by atoms with E-state index in [1.54, 1.807) is 0 Å². The summed E-state index contributed by atoms with van der Waals surface area (Å²) in [7, 11) is 0. The van der Waals surface area contributed by atoms with Crippen LogP contribution in [0.3, 0.4) is 0 Å². The maximum absolute atomic E-state index is 2.36. The van der Waals surface area contributed by atoms with Crippen LogP contribution in [0.2, 0.25) is 14.8 Å². The molecule has 0 aromatic heterocycles. The van der Waals surface area contributed by atoms with E-state index in [4.69, 9.17) is 0 Å². The molecular weight excluding hydrogens is 235 g/mol. The molecule has 0 unspecified atom stereocenters. The van der Waals surface area contributed by atoms with E-state index in [1.807, 2.05) is 0 Å². The summed E-state index contributed by atoms with van der Waals surface area (Å²) < 4.78 is 0. The van der Waals surface area contributed by atoms with Crippen LogP contribution in [0.5, 0.6) is 0 Å². The summed E-state index contributed by atoms with van der Waals surface area (Å²) in [6.07, 6.45) is 0. The van der Waals surface area contributed by atoms with E-state index in [1.165, 1.54) is 0 Å². The Bertz CT molecular complexity index is 11.6. The van der Waals surface area contributed by atoms with Gasteiger partial charge < -0.3 is 0 Å². The van der Waals surface area contributed by atoms with Crippen molar-refractivity contribution in [2.75, 3.05) is 0 Å². The summed E-state index contributed by atoms with van der Waals surface area (Å²) in [6.45, 7) is 0. The van der Waals surface area contributed by atoms with Gasteiger partial charge in [-0.05, 0) is 0 Å². The molecule has 5 heavy (non-hydrogen) atoms. The first-order valence-electron chi connectivity index (χ1n) is 1.50. The van der Waals surface area contributed by atoms with Crippen LogP contribution in [0.25, 0.3) is 0 Å². The van der Waals surface area contributed by atoms with Crippen molar-refractivity contribution in [2.45, 2.75) is 14.8 Å². The van der Waals surface area contributed by atoms with Crippen molar-refractivity contribution in [1.82, 2.24) is 0 Å². The quantitative estimate of drug-likeness (QED) is 0.572. The minimum absolute atomic E-state index is 0. The zero-order chi connectivity index (χ0) is 3.58. The second kappa shape index (κ2) is 5.28. The molecule has 0 N–H and O–H groups in total. The van der Waals surface area contributed by atoms with Gasteiger partial charge in [-0.1, -0.05) is 0 Å². The zero-order valence-electron chi connectivity index (χ0n) is 3.91. The molecule has 0 aliphatic rings. The van der Waals surface area contributed by atoms with Crippen molar-refractivity contribution in [2.24, 2.45) is 0 Å². The van der Waals surface area contributed by atoms with Crippen LogP contribution in [-0.2, 0) is 0 Å². The van der Waals surface area contributed by atoms with Crippen molar-refractivity contribution in [1.29, 1.82) is 0 Å². The molecule has 0 spiro atoms. The molecule has 0 heterocycles. The first-order valence-corrected chi connectivity index (χ1v) is 10.1. The Hall–Kier alpha value is 1.28. The summed E-state index contributed by atoms with van der Waals surface area (Å²) in [5.74, 6) is 0. The molecule has 0 saturated heterocycles. The van der Waals surface area contributed by atoms with E-state index in [9.17, 15) is 0 Å². The zero-order valence-corrected chi connectivity index (χ0v) is 8.48. The fraction of sp³-hybridized carbons (Fsp3) is 1.00. The van der Waals surface area contributed by atoms with Gasteiger partial charge >= 0.3 is 34.6 Å². The Morgan fingerprint density at radius 1 is 1.00 bits per heavy atom. The third-order valence-corrected chi connectivity index (χ3v) is 0. The van der Waals surface area contributed by atoms with Gasteiger partial charge in [0.25, 0.3) is 0 Å². The predicted octanol–water partition coefficient (Wildman–Crippen LogP) is 1.95. The fourth-order valence-electron chi connectivity index (χ4n) is 0. The minimum atomic E-state index is -0.543. The van der Waals surface area contributed by atoms with Gasteiger partial charge in [0, 0.05) is 0 Å². The maximum atomic E-state index is 2.36. The first kappa shape index (κ1) is 9.56. The topological polar surface area (TPSA) is 0 Å². The molecule has 0 bridgehead atoms. The molecule has 1 radical (unpaired) electrons. The third kappa shape index (κ3) is 34.7. The first-order chi connectivity index (χ1) is 1.73. The van der Waals surface area contributed by atoms with Gasteiger partial charge in [-0.15, -0.1) is 17.0 Å². The van der Waals surface area contributed by atoms with Crippen molar-refractivity contribution in [3.05, 3.63) is 0 Å². The molecule has 0 amide bonds. The Balaban J connectivity index is 0. The average Bonchev–Trinajstić information content (AvgIpc) is 0.811. The Kier molecular flexibility index (Phi) is 10.1. The van der Waals surface area contributed by atoms with Crippen LogP contribution >= 0.6 is 17.0 Å². The molecule has 0 saturated carbocycles. The Morgan fingerprint density at radius 2 is 1.00 bits per heavy atom. The summed E-state index contributed by atoms with van der Waals surface area (Å²) in [5.41, 5.74) is 0. The monoisotopic (exact) mass is 245 g/mol. The van der Waals surface area contributed by atoms with Crippen LogP contribution in [0, 0.1) is 0 Å². The van der Waals surface area contributed by atoms with Gasteiger partial charge in [-0.3, -0.25) is 0 Å². The summed E-state index contributed by atoms with van der Waals surface area (Å²) >= 11 is -0.543. The van der Waals surface area contributed by atoms with Gasteiger partial charge in [-0.25, -0.2) is 0 Å². The van der Waals surface area contributed by atoms with Crippen molar-refractivity contribution in [3.8, 4) is 0 Å². The molecule has 0 fully saturated rings. The molecule has 33 valence electrons. The van der Waals surface area contributed by atoms with E-state index in [2.05, 4.69) is 14.8 Å². The van der Waals surface area contributed by atoms with Crippen molar-refractivity contribution < 1.29 is 0 Å². The number of halogens is 1. The third-order valence-electron chi connectivity index (χ3n) is 0. The molecule has 0 aliphatic carbocycles. The molecule has 2 heteroatoms. The van der Waals surface area contributed by atoms with E-state index in [0.29, 0.717) is 0 Å². The van der Waals surface area contributed by atoms with E-state index in [-0.39, 0.29) is 17.0 Å². The number of hydrogen-bond acceptors (Lipinski definition) is 0. The SMILES string of the molecule is Br.[CH3][Sn]([CH3])[CH3]. The van der Waals surface area contributed by atoms with Gasteiger partial charge in [-0.2, -0.15) is 0 Å². The van der Waals surface area contributed by atoms with Crippen LogP contribution < -0.4 is 0 Å². The summed E-state index contributed by atoms with van der Waals surface area (Å²) in [4.78, 5) is 7.09. The summed E-state index contributed by atoms with van der Waals surface area (Å²) in [6, 6.07) is 0. The predicted molar refractivity (Wildman–Crippen MR) is 33.7 cm³/mol. The molecule has 0 aromatic carbocycles. The normalized spacial score (nSPS) is 7.20. The van der Waals surface area contributed by atoms with Gasteiger partial charge in [0.1, 0.15) is 0 Å². The van der Waals surface area contributed by atoms with Gasteiger partial charge in [0.2, 0.25) is 0 Å². The number of rotatable bonds is 0. The van der Waals surface area contributed by atoms with E-state index < -0.39 is 19.8 Å². The van der Waals surface area contributed by atoms with Crippen molar-refractivity contribution >= 4 is 36.7 Å². The number of hydrogen-bond donors (Lipinski definition) is 0. The van der Waals surface area contributed by atoms with Crippen LogP contribution in [0.1, 0.15) is 0 Å². The van der Waals surface area contributed by atoms with Crippen molar-refractivity contribution in [3.63, 3.8) is 0 Å². The Morgan fingerprint density at radius 3 is 1.00 bits per heavy atom. The van der Waals surface area contributed by atoms with Gasteiger partial charge in [0.05, 0.1) is 0 Å². The van der Waals surface area contributed by atoms with Crippen LogP contribution in [0.4, 0.5) is 0 Å². The fourth-order valence-corrected chi connectivity index (χ4v) is 0. The standard InChI is InChI=1S/3CH3.BrH.Sn/h3*1H3;1H;. The average molecular weight is 245 g/mol. The van der Waals surface area contributed by atoms with E-state index in [0.717, 1.165) is 0 Å². The molecule has 0 atom stereocenters. The molecule has 0 nitrogen and oxygen atoms in total. The second-order valence-corrected chi connectivity index (χ2v) is 10.1. The van der Waals surface area contributed by atoms with Crippen LogP contribution in [-0.4, -0.2) is 19.8 Å². The molecule has 0 aromatic rings. The molecule has 0 rings (SSSR count).